The van der Waals surface area contributed by atoms with E-state index in [1.807, 2.05) is 42.5 Å². The fourth-order valence-electron chi connectivity index (χ4n) is 2.86. The highest BCUT2D eigenvalue weighted by Gasteiger charge is 2.20. The highest BCUT2D eigenvalue weighted by molar-refractivity contribution is 7.85. The minimum atomic E-state index is -0.931. The molecule has 0 bridgehead atoms. The Morgan fingerprint density at radius 3 is 2.87 bits per heavy atom. The Bertz CT molecular complexity index is 623. The van der Waals surface area contributed by atoms with E-state index in [0.29, 0.717) is 11.8 Å². The van der Waals surface area contributed by atoms with E-state index in [4.69, 9.17) is 0 Å². The summed E-state index contributed by atoms with van der Waals surface area (Å²) in [5, 5.41) is 11.7. The molecule has 1 N–H and O–H groups in total. The summed E-state index contributed by atoms with van der Waals surface area (Å²) >= 11 is 0. The predicted octanol–water partition coefficient (Wildman–Crippen LogP) is 1.84. The Kier molecular flexibility index (Phi) is 5.71. The molecule has 1 aromatic heterocycles. The Labute approximate surface area is 139 Å². The van der Waals surface area contributed by atoms with Crippen molar-refractivity contribution in [3.63, 3.8) is 0 Å². The molecule has 1 aliphatic heterocycles. The molecular formula is C17H22N4OS. The number of nitrogens with zero attached hydrogens (tertiary/aromatic N) is 3. The Morgan fingerprint density at radius 2 is 2.09 bits per heavy atom. The maximum absolute atomic E-state index is 12.2. The summed E-state index contributed by atoms with van der Waals surface area (Å²) in [6.45, 7) is 2.71. The van der Waals surface area contributed by atoms with Crippen molar-refractivity contribution < 1.29 is 4.21 Å². The monoisotopic (exact) mass is 330 g/mol. The van der Waals surface area contributed by atoms with Crippen LogP contribution < -0.4 is 10.2 Å². The number of hydrogen-bond donors (Lipinski definition) is 1. The van der Waals surface area contributed by atoms with Crippen molar-refractivity contribution in [2.45, 2.75) is 23.8 Å². The molecule has 1 fully saturated rings. The molecule has 2 atom stereocenters. The van der Waals surface area contributed by atoms with Crippen molar-refractivity contribution in [1.29, 1.82) is 0 Å². The van der Waals surface area contributed by atoms with Crippen LogP contribution in [-0.2, 0) is 10.8 Å². The van der Waals surface area contributed by atoms with E-state index >= 15 is 0 Å². The van der Waals surface area contributed by atoms with Crippen LogP contribution in [0.1, 0.15) is 12.8 Å². The number of piperidine rings is 1. The topological polar surface area (TPSA) is 58.1 Å². The van der Waals surface area contributed by atoms with Crippen LogP contribution >= 0.6 is 0 Å². The summed E-state index contributed by atoms with van der Waals surface area (Å²) < 4.78 is 12.2. The fraction of sp³-hybridized carbons (Fsp3) is 0.412. The Balaban J connectivity index is 1.46. The zero-order valence-electron chi connectivity index (χ0n) is 13.1. The number of nitrogens with one attached hydrogen (secondary N) is 1. The second-order valence-corrected chi connectivity index (χ2v) is 7.25. The second-order valence-electron chi connectivity index (χ2n) is 5.68. The van der Waals surface area contributed by atoms with Gasteiger partial charge in [-0.25, -0.2) is 0 Å². The van der Waals surface area contributed by atoms with Gasteiger partial charge in [0.05, 0.1) is 10.8 Å². The number of anilines is 1. The summed E-state index contributed by atoms with van der Waals surface area (Å²) in [6, 6.07) is 14.0. The number of benzene rings is 1. The van der Waals surface area contributed by atoms with Crippen LogP contribution in [0, 0.1) is 0 Å². The van der Waals surface area contributed by atoms with Gasteiger partial charge in [-0.3, -0.25) is 4.21 Å². The molecule has 2 heterocycles. The molecule has 0 amide bonds. The molecule has 1 aliphatic rings. The van der Waals surface area contributed by atoms with Crippen LogP contribution in [0.2, 0.25) is 0 Å². The zero-order valence-corrected chi connectivity index (χ0v) is 13.9. The van der Waals surface area contributed by atoms with Crippen molar-refractivity contribution in [1.82, 2.24) is 15.5 Å². The summed E-state index contributed by atoms with van der Waals surface area (Å²) in [7, 11) is -0.931. The first-order valence-electron chi connectivity index (χ1n) is 8.02. The van der Waals surface area contributed by atoms with Gasteiger partial charge in [-0.2, -0.15) is 5.10 Å². The maximum Gasteiger partial charge on any atom is 0.151 e. The molecule has 23 heavy (non-hydrogen) atoms. The van der Waals surface area contributed by atoms with Crippen LogP contribution in [0.5, 0.6) is 0 Å². The molecule has 1 aromatic carbocycles. The Hall–Kier alpha value is -1.79. The lowest BCUT2D eigenvalue weighted by atomic mass is 10.1. The summed E-state index contributed by atoms with van der Waals surface area (Å²) in [6.07, 6.45) is 3.98. The highest BCUT2D eigenvalue weighted by atomic mass is 32.2. The molecule has 122 valence electrons. The van der Waals surface area contributed by atoms with E-state index in [2.05, 4.69) is 20.4 Å². The van der Waals surface area contributed by atoms with Crippen molar-refractivity contribution in [3.8, 4) is 0 Å². The van der Waals surface area contributed by atoms with Gasteiger partial charge in [0.25, 0.3) is 0 Å². The van der Waals surface area contributed by atoms with Crippen LogP contribution in [-0.4, -0.2) is 45.8 Å². The number of hydrogen-bond acceptors (Lipinski definition) is 5. The van der Waals surface area contributed by atoms with Crippen LogP contribution in [0.3, 0.4) is 0 Å². The fourth-order valence-corrected chi connectivity index (χ4v) is 3.86. The normalized spacial score (nSPS) is 19.5. The molecule has 0 unspecified atom stereocenters. The summed E-state index contributed by atoms with van der Waals surface area (Å²) in [4.78, 5) is 3.17. The van der Waals surface area contributed by atoms with Gasteiger partial charge in [-0.05, 0) is 37.1 Å². The average molecular weight is 330 g/mol. The highest BCUT2D eigenvalue weighted by Crippen LogP contribution is 2.16. The third-order valence-corrected chi connectivity index (χ3v) is 5.40. The van der Waals surface area contributed by atoms with E-state index < -0.39 is 10.8 Å². The second kappa shape index (κ2) is 8.17. The third kappa shape index (κ3) is 4.59. The number of rotatable bonds is 6. The van der Waals surface area contributed by atoms with E-state index in [-0.39, 0.29) is 0 Å². The minimum Gasteiger partial charge on any atom is -0.354 e. The van der Waals surface area contributed by atoms with E-state index in [1.165, 1.54) is 0 Å². The first-order valence-corrected chi connectivity index (χ1v) is 9.34. The van der Waals surface area contributed by atoms with E-state index in [1.54, 1.807) is 6.20 Å². The van der Waals surface area contributed by atoms with Crippen molar-refractivity contribution in [2.75, 3.05) is 30.3 Å². The summed E-state index contributed by atoms with van der Waals surface area (Å²) in [5.74, 6) is 1.58. The molecule has 0 saturated carbocycles. The lowest BCUT2D eigenvalue weighted by molar-refractivity contribution is 0.429. The van der Waals surface area contributed by atoms with Gasteiger partial charge in [-0.1, -0.05) is 18.2 Å². The molecule has 3 rings (SSSR count). The van der Waals surface area contributed by atoms with Gasteiger partial charge in [0.2, 0.25) is 0 Å². The molecule has 5 nitrogen and oxygen atoms in total. The average Bonchev–Trinajstić information content (AvgIpc) is 2.63. The Morgan fingerprint density at radius 1 is 1.22 bits per heavy atom. The first-order chi connectivity index (χ1) is 11.3. The molecular weight excluding hydrogens is 308 g/mol. The van der Waals surface area contributed by atoms with Crippen LogP contribution in [0.4, 0.5) is 5.82 Å². The standard InChI is InChI=1S/C17H22N4OS/c22-23(16-7-2-1-3-8-16)13-11-18-15-6-5-12-21(14-15)17-9-4-10-19-20-17/h1-4,7-10,15,18H,5-6,11-14H2/t15-,23-/m1/s1. The van der Waals surface area contributed by atoms with Gasteiger partial charge in [0.1, 0.15) is 0 Å². The molecule has 0 radical (unpaired) electrons. The van der Waals surface area contributed by atoms with Gasteiger partial charge >= 0.3 is 0 Å². The molecule has 0 spiro atoms. The van der Waals surface area contributed by atoms with E-state index in [9.17, 15) is 4.21 Å². The molecule has 2 aromatic rings. The van der Waals surface area contributed by atoms with Gasteiger partial charge < -0.3 is 10.2 Å². The van der Waals surface area contributed by atoms with E-state index in [0.717, 1.165) is 43.2 Å². The van der Waals surface area contributed by atoms with Crippen LogP contribution in [0.25, 0.3) is 0 Å². The molecule has 1 saturated heterocycles. The van der Waals surface area contributed by atoms with Gasteiger partial charge in [0.15, 0.2) is 5.82 Å². The quantitative estimate of drug-likeness (QED) is 0.876. The lowest BCUT2D eigenvalue weighted by Crippen LogP contribution is -2.47. The smallest absolute Gasteiger partial charge is 0.151 e. The largest absolute Gasteiger partial charge is 0.354 e. The summed E-state index contributed by atoms with van der Waals surface area (Å²) in [5.41, 5.74) is 0. The first kappa shape index (κ1) is 16.1. The van der Waals surface area contributed by atoms with Gasteiger partial charge in [0, 0.05) is 42.5 Å². The third-order valence-electron chi connectivity index (χ3n) is 4.03. The van der Waals surface area contributed by atoms with Crippen molar-refractivity contribution in [3.05, 3.63) is 48.7 Å². The molecule has 0 aliphatic carbocycles. The molecule has 6 heteroatoms. The van der Waals surface area contributed by atoms with Crippen LogP contribution in [0.15, 0.2) is 53.6 Å². The van der Waals surface area contributed by atoms with Gasteiger partial charge in [-0.15, -0.1) is 5.10 Å². The maximum atomic E-state index is 12.2. The predicted molar refractivity (Wildman–Crippen MR) is 93.0 cm³/mol. The minimum absolute atomic E-state index is 0.415. The zero-order chi connectivity index (χ0) is 15.9. The lowest BCUT2D eigenvalue weighted by Gasteiger charge is -2.33. The van der Waals surface area contributed by atoms with Crippen molar-refractivity contribution >= 4 is 16.6 Å². The van der Waals surface area contributed by atoms with Crippen molar-refractivity contribution in [2.24, 2.45) is 0 Å². The number of aromatic nitrogens is 2. The SMILES string of the molecule is O=[S@](CCN[C@@H]1CCCN(c2cccnn2)C1)c1ccccc1.